The van der Waals surface area contributed by atoms with Crippen molar-refractivity contribution in [2.45, 2.75) is 6.92 Å². The standard InChI is InChI=1S/C13H14BrN3O2S/c1-9-7-10(14)3-5-12(9)16-13-6-4-11(8-15-13)17-20(2,18)19/h3-8,17H,1-2H3,(H,15,16). The Morgan fingerprint density at radius 1 is 1.20 bits per heavy atom. The number of pyridine rings is 1. The lowest BCUT2D eigenvalue weighted by atomic mass is 10.2. The lowest BCUT2D eigenvalue weighted by Crippen LogP contribution is -2.09. The molecule has 0 saturated carbocycles. The number of hydrogen-bond acceptors (Lipinski definition) is 4. The van der Waals surface area contributed by atoms with E-state index in [1.54, 1.807) is 12.1 Å². The van der Waals surface area contributed by atoms with Crippen LogP contribution in [0.5, 0.6) is 0 Å². The molecule has 0 aliphatic heterocycles. The van der Waals surface area contributed by atoms with Gasteiger partial charge in [-0.3, -0.25) is 4.72 Å². The maximum Gasteiger partial charge on any atom is 0.229 e. The molecule has 0 aliphatic carbocycles. The first-order chi connectivity index (χ1) is 9.33. The first kappa shape index (κ1) is 14.8. The maximum atomic E-state index is 11.1. The van der Waals surface area contributed by atoms with Gasteiger partial charge in [-0.25, -0.2) is 13.4 Å². The van der Waals surface area contributed by atoms with Crippen molar-refractivity contribution in [2.75, 3.05) is 16.3 Å². The van der Waals surface area contributed by atoms with E-state index in [1.165, 1.54) is 6.20 Å². The zero-order chi connectivity index (χ0) is 14.8. The van der Waals surface area contributed by atoms with Gasteiger partial charge in [-0.05, 0) is 42.8 Å². The van der Waals surface area contributed by atoms with E-state index in [0.29, 0.717) is 11.5 Å². The fourth-order valence-corrected chi connectivity index (χ4v) is 2.67. The fraction of sp³-hybridized carbons (Fsp3) is 0.154. The lowest BCUT2D eigenvalue weighted by Gasteiger charge is -2.10. The van der Waals surface area contributed by atoms with E-state index in [-0.39, 0.29) is 0 Å². The van der Waals surface area contributed by atoms with E-state index >= 15 is 0 Å². The average molecular weight is 356 g/mol. The smallest absolute Gasteiger partial charge is 0.229 e. The summed E-state index contributed by atoms with van der Waals surface area (Å²) >= 11 is 3.41. The minimum Gasteiger partial charge on any atom is -0.340 e. The van der Waals surface area contributed by atoms with Crippen LogP contribution in [0, 0.1) is 6.92 Å². The van der Waals surface area contributed by atoms with Crippen molar-refractivity contribution in [3.05, 3.63) is 46.6 Å². The van der Waals surface area contributed by atoms with Crippen molar-refractivity contribution in [3.8, 4) is 0 Å². The molecule has 2 N–H and O–H groups in total. The summed E-state index contributed by atoms with van der Waals surface area (Å²) < 4.78 is 25.6. The van der Waals surface area contributed by atoms with Gasteiger partial charge in [0.25, 0.3) is 0 Å². The fourth-order valence-electron chi connectivity index (χ4n) is 1.65. The lowest BCUT2D eigenvalue weighted by molar-refractivity contribution is 0.607. The van der Waals surface area contributed by atoms with Crippen LogP contribution in [0.1, 0.15) is 5.56 Å². The Kier molecular flexibility index (Phi) is 4.29. The summed E-state index contributed by atoms with van der Waals surface area (Å²) in [7, 11) is -3.28. The largest absolute Gasteiger partial charge is 0.340 e. The SMILES string of the molecule is Cc1cc(Br)ccc1Nc1ccc(NS(C)(=O)=O)cn1. The monoisotopic (exact) mass is 355 g/mol. The predicted molar refractivity (Wildman–Crippen MR) is 84.9 cm³/mol. The van der Waals surface area contributed by atoms with Gasteiger partial charge in [0.15, 0.2) is 0 Å². The number of rotatable bonds is 4. The molecule has 5 nitrogen and oxygen atoms in total. The molecule has 2 rings (SSSR count). The summed E-state index contributed by atoms with van der Waals surface area (Å²) in [4.78, 5) is 4.17. The zero-order valence-corrected chi connectivity index (χ0v) is 13.4. The van der Waals surface area contributed by atoms with E-state index in [0.717, 1.165) is 22.0 Å². The Bertz CT molecular complexity index is 715. The van der Waals surface area contributed by atoms with Gasteiger partial charge in [0.1, 0.15) is 5.82 Å². The van der Waals surface area contributed by atoms with Crippen LogP contribution < -0.4 is 10.0 Å². The van der Waals surface area contributed by atoms with Crippen LogP contribution in [0.4, 0.5) is 17.2 Å². The third kappa shape index (κ3) is 4.21. The summed E-state index contributed by atoms with van der Waals surface area (Å²) in [5.74, 6) is 0.648. The van der Waals surface area contributed by atoms with Crippen molar-refractivity contribution >= 4 is 43.1 Å². The second-order valence-electron chi connectivity index (χ2n) is 4.39. The third-order valence-corrected chi connectivity index (χ3v) is 3.62. The molecule has 106 valence electrons. The molecular weight excluding hydrogens is 342 g/mol. The van der Waals surface area contributed by atoms with Crippen LogP contribution in [0.25, 0.3) is 0 Å². The van der Waals surface area contributed by atoms with Crippen LogP contribution in [0.3, 0.4) is 0 Å². The molecule has 0 radical (unpaired) electrons. The van der Waals surface area contributed by atoms with Crippen molar-refractivity contribution in [1.29, 1.82) is 0 Å². The molecule has 0 fully saturated rings. The van der Waals surface area contributed by atoms with E-state index < -0.39 is 10.0 Å². The summed E-state index contributed by atoms with van der Waals surface area (Å²) in [6.07, 6.45) is 2.57. The number of aryl methyl sites for hydroxylation is 1. The number of benzene rings is 1. The minimum absolute atomic E-state index is 0.436. The van der Waals surface area contributed by atoms with Gasteiger partial charge in [0.05, 0.1) is 18.1 Å². The molecule has 0 saturated heterocycles. The summed E-state index contributed by atoms with van der Waals surface area (Å²) in [6, 6.07) is 9.26. The Labute approximate surface area is 126 Å². The zero-order valence-electron chi connectivity index (χ0n) is 11.0. The normalized spacial score (nSPS) is 11.2. The first-order valence-corrected chi connectivity index (χ1v) is 8.49. The third-order valence-electron chi connectivity index (χ3n) is 2.52. The van der Waals surface area contributed by atoms with Crippen LogP contribution in [-0.4, -0.2) is 19.7 Å². The van der Waals surface area contributed by atoms with Gasteiger partial charge in [0.2, 0.25) is 10.0 Å². The number of sulfonamides is 1. The number of hydrogen-bond donors (Lipinski definition) is 2. The van der Waals surface area contributed by atoms with Crippen molar-refractivity contribution in [2.24, 2.45) is 0 Å². The number of nitrogens with one attached hydrogen (secondary N) is 2. The quantitative estimate of drug-likeness (QED) is 0.882. The molecule has 0 unspecified atom stereocenters. The molecule has 0 amide bonds. The van der Waals surface area contributed by atoms with Gasteiger partial charge >= 0.3 is 0 Å². The van der Waals surface area contributed by atoms with Crippen LogP contribution in [0.2, 0.25) is 0 Å². The number of halogens is 1. The predicted octanol–water partition coefficient (Wildman–Crippen LogP) is 3.27. The molecule has 0 spiro atoms. The van der Waals surface area contributed by atoms with Crippen LogP contribution in [0.15, 0.2) is 41.0 Å². The topological polar surface area (TPSA) is 71.1 Å². The Morgan fingerprint density at radius 3 is 2.50 bits per heavy atom. The van der Waals surface area contributed by atoms with Crippen molar-refractivity contribution in [3.63, 3.8) is 0 Å². The van der Waals surface area contributed by atoms with Gasteiger partial charge in [-0.2, -0.15) is 0 Å². The average Bonchev–Trinajstić information content (AvgIpc) is 2.33. The van der Waals surface area contributed by atoms with Gasteiger partial charge in [-0.1, -0.05) is 15.9 Å². The minimum atomic E-state index is -3.28. The van der Waals surface area contributed by atoms with Crippen LogP contribution in [-0.2, 0) is 10.0 Å². The molecule has 1 aromatic carbocycles. The maximum absolute atomic E-state index is 11.1. The number of aromatic nitrogens is 1. The van der Waals surface area contributed by atoms with E-state index in [2.05, 4.69) is 31.0 Å². The Balaban J connectivity index is 2.14. The van der Waals surface area contributed by atoms with Gasteiger partial charge in [-0.15, -0.1) is 0 Å². The summed E-state index contributed by atoms with van der Waals surface area (Å²) in [5.41, 5.74) is 2.47. The highest BCUT2D eigenvalue weighted by Crippen LogP contribution is 2.23. The number of nitrogens with zero attached hydrogens (tertiary/aromatic N) is 1. The molecule has 1 aromatic heterocycles. The molecule has 0 atom stereocenters. The molecule has 7 heteroatoms. The molecular formula is C13H14BrN3O2S. The van der Waals surface area contributed by atoms with Gasteiger partial charge < -0.3 is 5.32 Å². The Morgan fingerprint density at radius 2 is 1.95 bits per heavy atom. The molecule has 20 heavy (non-hydrogen) atoms. The molecule has 0 bridgehead atoms. The van der Waals surface area contributed by atoms with Crippen LogP contribution >= 0.6 is 15.9 Å². The highest BCUT2D eigenvalue weighted by Gasteiger charge is 2.04. The first-order valence-electron chi connectivity index (χ1n) is 5.80. The van der Waals surface area contributed by atoms with Gasteiger partial charge in [0, 0.05) is 10.2 Å². The Hall–Kier alpha value is -1.60. The van der Waals surface area contributed by atoms with E-state index in [9.17, 15) is 8.42 Å². The number of anilines is 3. The van der Waals surface area contributed by atoms with Crippen molar-refractivity contribution in [1.82, 2.24) is 4.98 Å². The summed E-state index contributed by atoms with van der Waals surface area (Å²) in [6.45, 7) is 1.99. The second kappa shape index (κ2) is 5.80. The van der Waals surface area contributed by atoms with E-state index in [1.807, 2.05) is 25.1 Å². The highest BCUT2D eigenvalue weighted by molar-refractivity contribution is 9.10. The summed E-state index contributed by atoms with van der Waals surface area (Å²) in [5, 5.41) is 3.18. The highest BCUT2D eigenvalue weighted by atomic mass is 79.9. The second-order valence-corrected chi connectivity index (χ2v) is 7.05. The molecule has 2 aromatic rings. The van der Waals surface area contributed by atoms with E-state index in [4.69, 9.17) is 0 Å². The molecule has 1 heterocycles. The van der Waals surface area contributed by atoms with Crippen molar-refractivity contribution < 1.29 is 8.42 Å². The molecule has 0 aliphatic rings.